The number of thiol groups is 1. The molecule has 0 unspecified atom stereocenters. The van der Waals surface area contributed by atoms with E-state index >= 15 is 0 Å². The molecule has 0 saturated heterocycles. The Balaban J connectivity index is 1.40. The van der Waals surface area contributed by atoms with Crippen molar-refractivity contribution in [3.8, 4) is 0 Å². The van der Waals surface area contributed by atoms with Crippen LogP contribution in [0.5, 0.6) is 0 Å². The van der Waals surface area contributed by atoms with E-state index in [0.29, 0.717) is 12.0 Å². The van der Waals surface area contributed by atoms with Crippen molar-refractivity contribution in [2.24, 2.45) is 16.0 Å². The van der Waals surface area contributed by atoms with Gasteiger partial charge >= 0.3 is 16.4 Å². The highest BCUT2D eigenvalue weighted by atomic mass is 35.5. The van der Waals surface area contributed by atoms with Gasteiger partial charge in [0.25, 0.3) is 10.1 Å². The van der Waals surface area contributed by atoms with Crippen LogP contribution in [0, 0.1) is 0 Å². The van der Waals surface area contributed by atoms with Gasteiger partial charge in [0.15, 0.2) is 20.5 Å². The average molecular weight is 906 g/mol. The van der Waals surface area contributed by atoms with Gasteiger partial charge in [-0.1, -0.05) is 0 Å². The molecule has 5 rings (SSSR count). The van der Waals surface area contributed by atoms with E-state index in [-0.39, 0.29) is 71.1 Å². The van der Waals surface area contributed by atoms with Gasteiger partial charge in [0.2, 0.25) is 17.2 Å². The fourth-order valence-electron chi connectivity index (χ4n) is 4.73. The average Bonchev–Trinajstić information content (AvgIpc) is 3.10. The molecule has 0 saturated carbocycles. The maximum absolute atomic E-state index is 12.5. The third-order valence-electron chi connectivity index (χ3n) is 7.03. The lowest BCUT2D eigenvalue weighted by Crippen LogP contribution is -2.20. The zero-order chi connectivity index (χ0) is 41.7. The van der Waals surface area contributed by atoms with Crippen LogP contribution in [0.4, 0.5) is 45.1 Å². The Labute approximate surface area is 332 Å². The Morgan fingerprint density at radius 1 is 0.877 bits per heavy atom. The predicted octanol–water partition coefficient (Wildman–Crippen LogP) is 4.38. The van der Waals surface area contributed by atoms with Gasteiger partial charge in [-0.2, -0.15) is 41.2 Å². The summed E-state index contributed by atoms with van der Waals surface area (Å²) in [6, 6.07) is 12.5. The van der Waals surface area contributed by atoms with Crippen LogP contribution in [0.1, 0.15) is 0 Å². The molecule has 0 radical (unpaired) electrons. The second-order valence-electron chi connectivity index (χ2n) is 10.9. The first-order valence-corrected chi connectivity index (χ1v) is 21.7. The van der Waals surface area contributed by atoms with Crippen molar-refractivity contribution in [2.45, 2.75) is 19.6 Å². The van der Waals surface area contributed by atoms with E-state index in [0.717, 1.165) is 18.2 Å². The van der Waals surface area contributed by atoms with Gasteiger partial charge in [0.05, 0.1) is 51.3 Å². The molecule has 0 fully saturated rings. The van der Waals surface area contributed by atoms with Crippen molar-refractivity contribution in [3.63, 3.8) is 0 Å². The Morgan fingerprint density at radius 2 is 1.56 bits per heavy atom. The number of urea groups is 1. The highest BCUT2D eigenvalue weighted by Gasteiger charge is 2.20. The largest absolute Gasteiger partial charge is 0.397 e. The van der Waals surface area contributed by atoms with Crippen molar-refractivity contribution in [1.82, 2.24) is 15.0 Å². The summed E-state index contributed by atoms with van der Waals surface area (Å²) >= 11 is 6.45. The SMILES string of the molecule is NC(=O)Nc1cc(/N=N/c2cc3c(S(=O)(=O)O)cc(SOO)cc3cc2[SH](=O)=O)ccc1Nc1nc(Cl)nc(Nc2ccc(S(=O)(=O)CCOS(=O)(=O)O)cc2)n1. The molecule has 302 valence electrons. The first-order chi connectivity index (χ1) is 26.7. The van der Waals surface area contributed by atoms with Gasteiger partial charge < -0.3 is 21.7 Å². The molecule has 4 aromatic carbocycles. The van der Waals surface area contributed by atoms with Gasteiger partial charge in [0, 0.05) is 16.0 Å². The summed E-state index contributed by atoms with van der Waals surface area (Å²) in [5.41, 5.74) is 5.45. The second kappa shape index (κ2) is 17.6. The Bertz CT molecular complexity index is 2820. The summed E-state index contributed by atoms with van der Waals surface area (Å²) in [6.45, 7) is -0.810. The number of nitrogens with zero attached hydrogens (tertiary/aromatic N) is 5. The number of nitrogens with one attached hydrogen (secondary N) is 3. The second-order valence-corrected chi connectivity index (χ2v) is 17.6. The Morgan fingerprint density at radius 3 is 2.18 bits per heavy atom. The number of fused-ring (bicyclic) bond motifs is 1. The molecule has 0 aliphatic carbocycles. The molecule has 0 spiro atoms. The Kier molecular flexibility index (Phi) is 13.2. The molecule has 0 aliphatic rings. The van der Waals surface area contributed by atoms with Crippen LogP contribution in [0.3, 0.4) is 0 Å². The molecule has 0 aliphatic heterocycles. The maximum atomic E-state index is 12.5. The number of halogens is 1. The van der Waals surface area contributed by atoms with E-state index in [4.69, 9.17) is 27.1 Å². The minimum Gasteiger partial charge on any atom is -0.351 e. The van der Waals surface area contributed by atoms with Crippen LogP contribution in [0.15, 0.2) is 96.5 Å². The predicted molar refractivity (Wildman–Crippen MR) is 203 cm³/mol. The number of nitrogens with two attached hydrogens (primary N) is 1. The van der Waals surface area contributed by atoms with Gasteiger partial charge in [-0.3, -0.25) is 9.11 Å². The zero-order valence-corrected chi connectivity index (χ0v) is 32.8. The molecule has 1 heterocycles. The number of carbonyl (C=O) groups excluding carboxylic acids is 1. The molecule has 1 aromatic heterocycles. The highest BCUT2D eigenvalue weighted by Crippen LogP contribution is 2.37. The quantitative estimate of drug-likeness (QED) is 0.0170. The fourth-order valence-corrected chi connectivity index (χ4v) is 8.16. The number of hydrogen-bond acceptors (Lipinski definition) is 20. The number of primary amides is 1. The molecule has 23 nitrogen and oxygen atoms in total. The standard InChI is InChI=1S/C28H24ClN9O14S5/c29-25-34-27(31-15-1-4-18(5-2-15)55(43,44)8-7-51-57(48,49)50)36-28(35-25)33-20-6-3-16(11-21(20)32-26(30)39)37-38-22-13-19-14(10-23(22)54(41)42)9-17(53-52-40)12-24(19)56(45,46)47/h1-6,9-13,40,54H,7-8H2,(H3,30,32,39)(H,45,46,47)(H,48,49,50)(H2,31,33,34,35,36)/b38-37+. The van der Waals surface area contributed by atoms with Gasteiger partial charge in [0.1, 0.15) is 10.6 Å². The minimum absolute atomic E-state index is 0.0118. The lowest BCUT2D eigenvalue weighted by atomic mass is 10.1. The molecular weight excluding hydrogens is 882 g/mol. The van der Waals surface area contributed by atoms with Crippen molar-refractivity contribution in [3.05, 3.63) is 72.0 Å². The lowest BCUT2D eigenvalue weighted by Gasteiger charge is -2.13. The van der Waals surface area contributed by atoms with Gasteiger partial charge in [-0.25, -0.2) is 31.1 Å². The summed E-state index contributed by atoms with van der Waals surface area (Å²) < 4.78 is 122. The monoisotopic (exact) mass is 905 g/mol. The van der Waals surface area contributed by atoms with Crippen molar-refractivity contribution in [2.75, 3.05) is 28.3 Å². The van der Waals surface area contributed by atoms with E-state index in [1.54, 1.807) is 0 Å². The summed E-state index contributed by atoms with van der Waals surface area (Å²) in [5, 5.41) is 24.3. The Hall–Kier alpha value is -5.14. The van der Waals surface area contributed by atoms with E-state index in [1.807, 2.05) is 0 Å². The molecular formula is C28H24ClN9O14S5. The first-order valence-electron chi connectivity index (χ1n) is 14.9. The van der Waals surface area contributed by atoms with Gasteiger partial charge in [-0.05, 0) is 83.7 Å². The number of sulfone groups is 1. The number of azo groups is 1. The molecule has 2 amide bonds. The number of hydrogen-bond donors (Lipinski definition) is 8. The number of amides is 2. The summed E-state index contributed by atoms with van der Waals surface area (Å²) in [6.07, 6.45) is 0. The fraction of sp³-hybridized carbons (Fsp3) is 0.0714. The zero-order valence-electron chi connectivity index (χ0n) is 27.9. The molecule has 57 heavy (non-hydrogen) atoms. The summed E-state index contributed by atoms with van der Waals surface area (Å²) in [4.78, 5) is 22.9. The topological polar surface area (TPSA) is 358 Å². The number of rotatable bonds is 16. The minimum atomic E-state index is -4.87. The molecule has 8 N–H and O–H groups in total. The molecule has 29 heteroatoms. The van der Waals surface area contributed by atoms with Crippen LogP contribution in [-0.4, -0.2) is 81.4 Å². The first kappa shape index (κ1) is 43.0. The van der Waals surface area contributed by atoms with E-state index in [2.05, 4.69) is 49.6 Å². The summed E-state index contributed by atoms with van der Waals surface area (Å²) in [7, 11) is -17.0. The van der Waals surface area contributed by atoms with Crippen LogP contribution in [0.25, 0.3) is 10.8 Å². The number of carbonyl (C=O) groups is 1. The van der Waals surface area contributed by atoms with Crippen molar-refractivity contribution in [1.29, 1.82) is 0 Å². The smallest absolute Gasteiger partial charge is 0.351 e. The van der Waals surface area contributed by atoms with Gasteiger partial charge in [-0.15, -0.1) is 5.11 Å². The van der Waals surface area contributed by atoms with E-state index < -0.39 is 64.3 Å². The molecule has 5 aromatic rings. The van der Waals surface area contributed by atoms with E-state index in [1.165, 1.54) is 48.5 Å². The highest BCUT2D eigenvalue weighted by molar-refractivity contribution is 7.94. The number of anilines is 5. The number of benzene rings is 4. The normalized spacial score (nSPS) is 12.3. The van der Waals surface area contributed by atoms with Crippen molar-refractivity contribution >= 4 is 122 Å². The maximum Gasteiger partial charge on any atom is 0.397 e. The van der Waals surface area contributed by atoms with E-state index in [9.17, 15) is 43.0 Å². The third kappa shape index (κ3) is 11.7. The number of aromatic nitrogens is 3. The summed E-state index contributed by atoms with van der Waals surface area (Å²) in [5.74, 6) is -1.03. The molecule has 0 bridgehead atoms. The molecule has 0 atom stereocenters. The van der Waals surface area contributed by atoms with Crippen molar-refractivity contribution < 1.29 is 61.3 Å². The van der Waals surface area contributed by atoms with Crippen LogP contribution >= 0.6 is 23.6 Å². The van der Waals surface area contributed by atoms with Crippen LogP contribution in [0.2, 0.25) is 5.28 Å². The van der Waals surface area contributed by atoms with Crippen LogP contribution < -0.4 is 21.7 Å². The lowest BCUT2D eigenvalue weighted by molar-refractivity contribution is -0.116. The van der Waals surface area contributed by atoms with Crippen LogP contribution in [-0.2, 0) is 49.6 Å². The third-order valence-corrected chi connectivity index (χ3v) is 11.5.